The van der Waals surface area contributed by atoms with Crippen molar-refractivity contribution >= 4 is 155 Å². The van der Waals surface area contributed by atoms with Crippen LogP contribution in [0.25, 0.3) is 37.7 Å². The average Bonchev–Trinajstić information content (AvgIpc) is 1.84. The maximum Gasteiger partial charge on any atom is 0.300 e. The quantitative estimate of drug-likeness (QED) is 0.0144. The van der Waals surface area contributed by atoms with Crippen molar-refractivity contribution in [3.8, 4) is 29.2 Å². The van der Waals surface area contributed by atoms with Gasteiger partial charge in [-0.3, -0.25) is 31.7 Å². The molecule has 0 bridgehead atoms. The first-order valence-corrected chi connectivity index (χ1v) is 34.0. The van der Waals surface area contributed by atoms with Crippen LogP contribution >= 0.6 is 23.1 Å². The smallest absolute Gasteiger partial charge is 0.300 e. The minimum atomic E-state index is -5.33. The summed E-state index contributed by atoms with van der Waals surface area (Å²) in [6.07, 6.45) is -0.360. The fraction of sp³-hybridized carbons (Fsp3) is 0.222. The van der Waals surface area contributed by atoms with E-state index in [2.05, 4.69) is 40.7 Å². The zero-order valence-corrected chi connectivity index (χ0v) is 50.0. The molecule has 5 aromatic carbocycles. The molecule has 0 aliphatic carbocycles. The summed E-state index contributed by atoms with van der Waals surface area (Å²) in [4.78, 5) is 4.67. The van der Waals surface area contributed by atoms with Crippen LogP contribution in [0.5, 0.6) is 23.1 Å². The molecule has 0 atom stereocenters. The van der Waals surface area contributed by atoms with Gasteiger partial charge in [0.05, 0.1) is 53.1 Å². The van der Waals surface area contributed by atoms with Crippen LogP contribution in [0.3, 0.4) is 0 Å². The number of nitrogens with zero attached hydrogens (tertiary/aromatic N) is 10. The van der Waals surface area contributed by atoms with Crippen LogP contribution in [0, 0.1) is 25.2 Å². The predicted molar refractivity (Wildman–Crippen MR) is 302 cm³/mol. The fourth-order valence-electron chi connectivity index (χ4n) is 8.21. The highest BCUT2D eigenvalue weighted by Gasteiger charge is 2.30. The monoisotopic (exact) mass is 1330 g/mol. The van der Waals surface area contributed by atoms with Gasteiger partial charge in [-0.05, 0) is 80.5 Å². The number of thioether (sulfide) groups is 1. The minimum Gasteiger partial charge on any atom is -0.495 e. The molecular formula is C45H40N10O22S8. The molecule has 8 aromatic rings. The molecule has 0 saturated carbocycles. The van der Waals surface area contributed by atoms with E-state index in [1.54, 1.807) is 6.92 Å². The molecule has 0 radical (unpaired) electrons. The van der Waals surface area contributed by atoms with E-state index in [0.29, 0.717) is 29.0 Å². The summed E-state index contributed by atoms with van der Waals surface area (Å²) < 4.78 is 222. The molecule has 7 N–H and O–H groups in total. The van der Waals surface area contributed by atoms with Gasteiger partial charge in [0.15, 0.2) is 16.2 Å². The molecule has 0 amide bonds. The first-order chi connectivity index (χ1) is 39.5. The zero-order chi connectivity index (χ0) is 62.5. The number of rotatable bonds is 22. The Morgan fingerprint density at radius 1 is 0.647 bits per heavy atom. The molecule has 8 rings (SSSR count). The highest BCUT2D eigenvalue weighted by atomic mass is 32.2. The number of nitriles is 1. The molecule has 0 unspecified atom stereocenters. The van der Waals surface area contributed by atoms with E-state index in [-0.39, 0.29) is 108 Å². The van der Waals surface area contributed by atoms with Crippen molar-refractivity contribution in [1.29, 1.82) is 5.26 Å². The molecule has 32 nitrogen and oxygen atoms in total. The Bertz CT molecular complexity index is 4990. The van der Waals surface area contributed by atoms with E-state index in [0.717, 1.165) is 29.3 Å². The van der Waals surface area contributed by atoms with Crippen molar-refractivity contribution < 1.29 is 97.1 Å². The van der Waals surface area contributed by atoms with Crippen molar-refractivity contribution in [3.63, 3.8) is 0 Å². The lowest BCUT2D eigenvalue weighted by atomic mass is 10.1. The van der Waals surface area contributed by atoms with Crippen LogP contribution in [0.15, 0.2) is 110 Å². The molecule has 85 heavy (non-hydrogen) atoms. The number of azo groups is 3. The first kappa shape index (κ1) is 63.5. The molecular weight excluding hydrogens is 1290 g/mol. The van der Waals surface area contributed by atoms with Gasteiger partial charge in [-0.25, -0.2) is 9.97 Å². The second-order valence-electron chi connectivity index (χ2n) is 17.7. The summed E-state index contributed by atoms with van der Waals surface area (Å²) in [5.41, 5.74) is -1.66. The van der Waals surface area contributed by atoms with E-state index in [4.69, 9.17) is 14.2 Å². The number of hydrogen-bond donors (Lipinski definition) is 7. The van der Waals surface area contributed by atoms with Gasteiger partial charge >= 0.3 is 0 Å². The van der Waals surface area contributed by atoms with E-state index in [1.807, 2.05) is 6.07 Å². The van der Waals surface area contributed by atoms with Gasteiger partial charge < -0.3 is 19.3 Å². The number of aromatic hydroxyl groups is 1. The third kappa shape index (κ3) is 13.9. The van der Waals surface area contributed by atoms with Gasteiger partial charge in [0, 0.05) is 33.4 Å². The van der Waals surface area contributed by atoms with Crippen LogP contribution in [-0.2, 0) is 60.7 Å². The summed E-state index contributed by atoms with van der Waals surface area (Å²) in [6, 6.07) is 11.5. The molecule has 0 spiro atoms. The molecule has 0 aliphatic heterocycles. The van der Waals surface area contributed by atoms with Gasteiger partial charge in [-0.15, -0.1) is 37.3 Å². The van der Waals surface area contributed by atoms with Crippen molar-refractivity contribution in [2.24, 2.45) is 30.7 Å². The number of aryl methyl sites for hydroxylation is 1. The van der Waals surface area contributed by atoms with Crippen LogP contribution in [0.1, 0.15) is 29.5 Å². The molecule has 450 valence electrons. The van der Waals surface area contributed by atoms with Crippen LogP contribution < -0.4 is 14.2 Å². The maximum absolute atomic E-state index is 12.7. The first-order valence-electron chi connectivity index (χ1n) is 23.3. The second kappa shape index (κ2) is 23.8. The van der Waals surface area contributed by atoms with E-state index in [9.17, 15) is 88.2 Å². The molecule has 0 saturated heterocycles. The van der Waals surface area contributed by atoms with E-state index in [1.165, 1.54) is 50.4 Å². The number of imidazole rings is 1. The number of ether oxygens (including phenoxy) is 3. The normalized spacial score (nSPS) is 13.1. The Kier molecular flexibility index (Phi) is 17.7. The summed E-state index contributed by atoms with van der Waals surface area (Å²) >= 11 is 1.49. The fourth-order valence-corrected chi connectivity index (χ4v) is 14.2. The largest absolute Gasteiger partial charge is 0.495 e. The Morgan fingerprint density at radius 3 is 1.87 bits per heavy atom. The van der Waals surface area contributed by atoms with Gasteiger partial charge in [0.25, 0.3) is 60.7 Å². The summed E-state index contributed by atoms with van der Waals surface area (Å²) in [5, 5.41) is 46.2. The van der Waals surface area contributed by atoms with Crippen LogP contribution in [0.2, 0.25) is 0 Å². The summed E-state index contributed by atoms with van der Waals surface area (Å²) in [7, 11) is -27.3. The molecule has 40 heteroatoms. The Morgan fingerprint density at radius 2 is 1.26 bits per heavy atom. The van der Waals surface area contributed by atoms with Gasteiger partial charge in [-0.2, -0.15) is 60.9 Å². The van der Waals surface area contributed by atoms with Crippen molar-refractivity contribution in [3.05, 3.63) is 71.3 Å². The Balaban J connectivity index is 1.23. The molecule has 0 aliphatic rings. The minimum absolute atomic E-state index is 0.0106. The number of hydrogen-bond acceptors (Lipinski definition) is 27. The third-order valence-electron chi connectivity index (χ3n) is 12.0. The number of aromatic nitrogens is 3. The number of benzene rings is 5. The van der Waals surface area contributed by atoms with Gasteiger partial charge in [-0.1, -0.05) is 11.3 Å². The average molecular weight is 1330 g/mol. The van der Waals surface area contributed by atoms with Crippen molar-refractivity contribution in [1.82, 2.24) is 14.4 Å². The maximum atomic E-state index is 12.7. The number of pyridine rings is 1. The standard InChI is InChI=1S/C45H40N10O22S8/c1-21-13-29(50-53-38-22(2)26(20-46)43-47-27-7-8-32(75-3)42(85(72,73)74)40(27)55(43)44(38)56)34(77-9-5-11-80(57,58)59)17-28(21)49-52-31-18-33(76-4)30(19-35(31)78-10-6-12-81(60,61)62)51-54-45-48-39-37(84(69,70)71)16-24-25(41(39)79-45)14-23(82(63,64)65)15-36(24)83(66,67)68/h7-8,13-19,56H,5-6,9-12H2,1-4H3,(H,57,58,59)(H,60,61,62)(H,63,64,65)(H,66,67,68)(H,69,70,71)(H,72,73,74). The second-order valence-corrected chi connectivity index (χ2v) is 28.5. The summed E-state index contributed by atoms with van der Waals surface area (Å²) in [5.74, 6) is -2.72. The zero-order valence-electron chi connectivity index (χ0n) is 43.4. The lowest BCUT2D eigenvalue weighted by molar-refractivity contribution is 0.317. The third-order valence-corrected chi connectivity index (χ3v) is 19.2. The van der Waals surface area contributed by atoms with Crippen LogP contribution in [-0.4, -0.2) is 135 Å². The molecule has 0 fully saturated rings. The van der Waals surface area contributed by atoms with Crippen molar-refractivity contribution in [2.75, 3.05) is 38.1 Å². The number of thiazole rings is 1. The number of methoxy groups -OCH3 is 2. The van der Waals surface area contributed by atoms with Gasteiger partial charge in [0.1, 0.15) is 66.8 Å². The summed E-state index contributed by atoms with van der Waals surface area (Å²) in [6.45, 7) is 2.56. The topological polar surface area (TPSA) is 502 Å². The van der Waals surface area contributed by atoms with E-state index >= 15 is 0 Å². The molecule has 3 heterocycles. The molecule has 3 aromatic heterocycles. The van der Waals surface area contributed by atoms with Crippen LogP contribution in [0.4, 0.5) is 33.6 Å². The highest BCUT2D eigenvalue weighted by molar-refractivity contribution is 7.99. The lowest BCUT2D eigenvalue weighted by Gasteiger charge is -2.13. The SMILES string of the molecule is COc1cc(N=Nc2cc(OCCCS(=O)(=O)O)c(N=Nc3c(C)c(C#N)c4nc5ccc(OC)c(S(=O)(=O)O)c5n4c3O)cc2C)c(SCCCS(=O)(=O)O)cc1N=Nc1nc2c(S(=O)(=O)O)cc3c(S(=O)(=O)O)cc(S(=O)(=O)O)cc3c2s1. The Labute approximate surface area is 489 Å². The number of fused-ring (bicyclic) bond motifs is 6. The van der Waals surface area contributed by atoms with Crippen molar-refractivity contribution in [2.45, 2.75) is 51.2 Å². The predicted octanol–water partition coefficient (Wildman–Crippen LogP) is 8.72. The van der Waals surface area contributed by atoms with E-state index < -0.39 is 119 Å². The van der Waals surface area contributed by atoms with Gasteiger partial charge in [0.2, 0.25) is 11.0 Å². The lowest BCUT2D eigenvalue weighted by Crippen LogP contribution is -2.08. The highest BCUT2D eigenvalue weighted by Crippen LogP contribution is 2.47. The Hall–Kier alpha value is -7.50.